The normalized spacial score (nSPS) is 11.1. The predicted octanol–water partition coefficient (Wildman–Crippen LogP) is 11.4. The van der Waals surface area contributed by atoms with Crippen LogP contribution in [0.2, 0.25) is 0 Å². The van der Waals surface area contributed by atoms with Crippen molar-refractivity contribution < 1.29 is 32.7 Å². The van der Waals surface area contributed by atoms with Crippen molar-refractivity contribution in [2.75, 3.05) is 0 Å². The third-order valence-corrected chi connectivity index (χ3v) is 8.25. The second kappa shape index (κ2) is 11.7. The van der Waals surface area contributed by atoms with Crippen molar-refractivity contribution in [3.8, 4) is 44.5 Å². The van der Waals surface area contributed by atoms with E-state index in [-0.39, 0.29) is 32.7 Å². The van der Waals surface area contributed by atoms with Gasteiger partial charge in [-0.2, -0.15) is 42.0 Å². The molecule has 1 radical (unpaired) electrons. The molecular weight excluding hydrogens is 593 g/mol. The van der Waals surface area contributed by atoms with Gasteiger partial charge in [0.2, 0.25) is 0 Å². The Bertz CT molecular complexity index is 2180. The summed E-state index contributed by atoms with van der Waals surface area (Å²) in [4.78, 5) is 0. The molecule has 199 valence electrons. The zero-order valence-corrected chi connectivity index (χ0v) is 26.4. The molecule has 8 aromatic carbocycles. The average molecular weight is 620 g/mol. The Morgan fingerprint density at radius 1 is 0.372 bits per heavy atom. The zero-order chi connectivity index (χ0) is 27.9. The van der Waals surface area contributed by atoms with Crippen molar-refractivity contribution in [2.45, 2.75) is 0 Å². The molecule has 0 fully saturated rings. The molecule has 0 atom stereocenters. The van der Waals surface area contributed by atoms with Gasteiger partial charge in [0, 0.05) is 32.7 Å². The second-order valence-electron chi connectivity index (χ2n) is 10.7. The van der Waals surface area contributed by atoms with E-state index in [0.717, 1.165) is 16.7 Å². The van der Waals surface area contributed by atoms with E-state index in [1.54, 1.807) is 0 Å². The van der Waals surface area contributed by atoms with Crippen LogP contribution in [0.3, 0.4) is 0 Å². The Hall–Kier alpha value is -4.36. The molecule has 0 unspecified atom stereocenters. The van der Waals surface area contributed by atoms with Crippen LogP contribution in [0.5, 0.6) is 0 Å². The van der Waals surface area contributed by atoms with E-state index >= 15 is 0 Å². The maximum atomic E-state index is 3.74. The molecule has 0 saturated carbocycles. The Labute approximate surface area is 277 Å². The maximum absolute atomic E-state index is 3.74. The fourth-order valence-corrected chi connectivity index (χ4v) is 6.38. The molecule has 0 heterocycles. The maximum Gasteiger partial charge on any atom is 0 e. The number of rotatable bonds is 4. The van der Waals surface area contributed by atoms with E-state index in [4.69, 9.17) is 0 Å². The van der Waals surface area contributed by atoms with E-state index in [1.165, 1.54) is 60.1 Å². The first kappa shape index (κ1) is 27.5. The Morgan fingerprint density at radius 2 is 0.907 bits per heavy atom. The van der Waals surface area contributed by atoms with Gasteiger partial charge in [-0.15, -0.1) is 23.8 Å². The quantitative estimate of drug-likeness (QED) is 0.136. The molecule has 0 aliphatic rings. The van der Waals surface area contributed by atoms with Crippen molar-refractivity contribution in [1.82, 2.24) is 0 Å². The number of hydrogen-bond acceptors (Lipinski definition) is 0. The molecular formula is C42H26Y-2. The minimum Gasteiger partial charge on any atom is -0.209 e. The van der Waals surface area contributed by atoms with Crippen molar-refractivity contribution in [3.63, 3.8) is 0 Å². The monoisotopic (exact) mass is 619 g/mol. The molecule has 0 bridgehead atoms. The number of hydrogen-bond donors (Lipinski definition) is 0. The van der Waals surface area contributed by atoms with Crippen LogP contribution in [0.25, 0.3) is 76.8 Å². The first-order valence-corrected chi connectivity index (χ1v) is 14.4. The third-order valence-electron chi connectivity index (χ3n) is 8.25. The molecule has 43 heavy (non-hydrogen) atoms. The molecule has 0 aromatic heterocycles. The summed E-state index contributed by atoms with van der Waals surface area (Å²) in [7, 11) is 0. The molecule has 0 amide bonds. The second-order valence-corrected chi connectivity index (χ2v) is 10.7. The minimum absolute atomic E-state index is 0. The topological polar surface area (TPSA) is 0 Å². The molecule has 0 saturated heterocycles. The van der Waals surface area contributed by atoms with Gasteiger partial charge in [0.25, 0.3) is 0 Å². The van der Waals surface area contributed by atoms with Crippen LogP contribution in [0, 0.1) is 12.1 Å². The number of benzene rings is 8. The van der Waals surface area contributed by atoms with Gasteiger partial charge in [-0.3, -0.25) is 0 Å². The van der Waals surface area contributed by atoms with Crippen molar-refractivity contribution in [1.29, 1.82) is 0 Å². The largest absolute Gasteiger partial charge is 0.209 e. The zero-order valence-electron chi connectivity index (χ0n) is 23.6. The van der Waals surface area contributed by atoms with Gasteiger partial charge in [0.15, 0.2) is 0 Å². The summed E-state index contributed by atoms with van der Waals surface area (Å²) in [5.74, 6) is 0. The summed E-state index contributed by atoms with van der Waals surface area (Å²) in [6.07, 6.45) is 0. The molecule has 8 rings (SSSR count). The summed E-state index contributed by atoms with van der Waals surface area (Å²) in [5, 5.41) is 7.47. The third kappa shape index (κ3) is 4.92. The Balaban J connectivity index is 0.00000300. The predicted molar refractivity (Wildman–Crippen MR) is 178 cm³/mol. The standard InChI is InChI=1S/C42H26.Y/c1-2-13-29(14-3-1)31-17-10-19-33(27-31)41-37-22-6-8-24-39(37)42(40-25-9-7-23-38(40)41)34-20-11-18-32(28-34)36-26-12-16-30-15-4-5-21-35(30)36;/h1-13,15-26,28H;/q-2;. The van der Waals surface area contributed by atoms with E-state index in [1.807, 2.05) is 12.1 Å². The van der Waals surface area contributed by atoms with Gasteiger partial charge in [-0.25, -0.2) is 5.56 Å². The summed E-state index contributed by atoms with van der Waals surface area (Å²) >= 11 is 0. The Morgan fingerprint density at radius 3 is 1.63 bits per heavy atom. The van der Waals surface area contributed by atoms with Crippen LogP contribution >= 0.6 is 0 Å². The van der Waals surface area contributed by atoms with Crippen molar-refractivity contribution in [2.24, 2.45) is 0 Å². The summed E-state index contributed by atoms with van der Waals surface area (Å²) in [6, 6.07) is 63.5. The SMILES string of the molecule is [Y].[c-]1ccccc1-c1[c-]c(-c2c3ccccc3c(-c3cccc(-c4cccc5ccccc45)c3)c3ccccc23)ccc1. The van der Waals surface area contributed by atoms with E-state index < -0.39 is 0 Å². The fraction of sp³-hybridized carbons (Fsp3) is 0. The Kier molecular flexibility index (Phi) is 7.50. The molecule has 1 heteroatoms. The van der Waals surface area contributed by atoms with Crippen molar-refractivity contribution in [3.05, 3.63) is 170 Å². The van der Waals surface area contributed by atoms with E-state index in [2.05, 4.69) is 158 Å². The molecule has 0 aliphatic carbocycles. The van der Waals surface area contributed by atoms with Gasteiger partial charge in [0.05, 0.1) is 0 Å². The molecule has 0 N–H and O–H groups in total. The van der Waals surface area contributed by atoms with Crippen LogP contribution in [0.15, 0.2) is 158 Å². The van der Waals surface area contributed by atoms with Crippen LogP contribution in [0.4, 0.5) is 0 Å². The van der Waals surface area contributed by atoms with Gasteiger partial charge in [-0.05, 0) is 60.6 Å². The molecule has 8 aromatic rings. The van der Waals surface area contributed by atoms with Gasteiger partial charge < -0.3 is 0 Å². The molecule has 0 nitrogen and oxygen atoms in total. The van der Waals surface area contributed by atoms with Crippen LogP contribution in [-0.2, 0) is 32.7 Å². The summed E-state index contributed by atoms with van der Waals surface area (Å²) < 4.78 is 0. The van der Waals surface area contributed by atoms with Gasteiger partial charge in [-0.1, -0.05) is 115 Å². The fourth-order valence-electron chi connectivity index (χ4n) is 6.38. The van der Waals surface area contributed by atoms with Crippen LogP contribution in [0.1, 0.15) is 0 Å². The summed E-state index contributed by atoms with van der Waals surface area (Å²) in [5.41, 5.74) is 9.37. The van der Waals surface area contributed by atoms with E-state index in [0.29, 0.717) is 0 Å². The number of fused-ring (bicyclic) bond motifs is 3. The average Bonchev–Trinajstić information content (AvgIpc) is 3.07. The summed E-state index contributed by atoms with van der Waals surface area (Å²) in [6.45, 7) is 0. The van der Waals surface area contributed by atoms with Crippen LogP contribution < -0.4 is 0 Å². The smallest absolute Gasteiger partial charge is 0 e. The first-order chi connectivity index (χ1) is 20.8. The van der Waals surface area contributed by atoms with Gasteiger partial charge >= 0.3 is 0 Å². The van der Waals surface area contributed by atoms with Crippen molar-refractivity contribution >= 4 is 32.3 Å². The molecule has 0 spiro atoms. The first-order valence-electron chi connectivity index (χ1n) is 14.4. The molecule has 0 aliphatic heterocycles. The van der Waals surface area contributed by atoms with E-state index in [9.17, 15) is 0 Å². The minimum atomic E-state index is 0. The van der Waals surface area contributed by atoms with Gasteiger partial charge in [0.1, 0.15) is 0 Å². The van der Waals surface area contributed by atoms with Crippen LogP contribution in [-0.4, -0.2) is 0 Å².